The Balaban J connectivity index is 1.94. The fourth-order valence-corrected chi connectivity index (χ4v) is 3.33. The van der Waals surface area contributed by atoms with Gasteiger partial charge in [0.05, 0.1) is 0 Å². The van der Waals surface area contributed by atoms with Gasteiger partial charge in [-0.1, -0.05) is 38.1 Å². The molecule has 0 saturated carbocycles. The Morgan fingerprint density at radius 1 is 1.24 bits per heavy atom. The van der Waals surface area contributed by atoms with Gasteiger partial charge in [0.15, 0.2) is 0 Å². The maximum Gasteiger partial charge on any atom is 0.272 e. The molecule has 4 nitrogen and oxygen atoms in total. The lowest BCUT2D eigenvalue weighted by molar-refractivity contribution is 0.0617. The summed E-state index contributed by atoms with van der Waals surface area (Å²) in [6, 6.07) is 9.61. The first-order valence-corrected chi connectivity index (χ1v) is 7.49. The van der Waals surface area contributed by atoms with E-state index in [-0.39, 0.29) is 5.91 Å². The number of piperidine rings is 1. The van der Waals surface area contributed by atoms with E-state index in [1.165, 1.54) is 6.42 Å². The number of likely N-dealkylation sites (tertiary alicyclic amines) is 1. The number of pyridine rings is 1. The third-order valence-electron chi connectivity index (χ3n) is 4.15. The Morgan fingerprint density at radius 2 is 1.90 bits per heavy atom. The van der Waals surface area contributed by atoms with E-state index < -0.39 is 0 Å². The molecule has 0 bridgehead atoms. The van der Waals surface area contributed by atoms with Gasteiger partial charge in [-0.05, 0) is 29.7 Å². The fourth-order valence-electron chi connectivity index (χ4n) is 3.33. The summed E-state index contributed by atoms with van der Waals surface area (Å²) in [5.74, 6) is 1.49. The quantitative estimate of drug-likeness (QED) is 0.875. The van der Waals surface area contributed by atoms with Crippen molar-refractivity contribution < 1.29 is 4.79 Å². The molecule has 2 atom stereocenters. The van der Waals surface area contributed by atoms with Crippen LogP contribution in [-0.2, 0) is 0 Å². The molecule has 2 N–H and O–H groups in total. The first kappa shape index (κ1) is 13.9. The highest BCUT2D eigenvalue weighted by atomic mass is 16.2. The second-order valence-corrected chi connectivity index (χ2v) is 6.27. The Morgan fingerprint density at radius 3 is 2.62 bits per heavy atom. The van der Waals surface area contributed by atoms with Crippen LogP contribution in [-0.4, -0.2) is 28.9 Å². The zero-order chi connectivity index (χ0) is 15.0. The summed E-state index contributed by atoms with van der Waals surface area (Å²) >= 11 is 0. The van der Waals surface area contributed by atoms with Crippen molar-refractivity contribution in [3.63, 3.8) is 0 Å². The van der Waals surface area contributed by atoms with E-state index in [2.05, 4.69) is 18.8 Å². The van der Waals surface area contributed by atoms with Crippen LogP contribution in [0.15, 0.2) is 30.3 Å². The number of rotatable bonds is 1. The third-order valence-corrected chi connectivity index (χ3v) is 4.15. The summed E-state index contributed by atoms with van der Waals surface area (Å²) in [4.78, 5) is 18.9. The normalized spacial score (nSPS) is 22.5. The number of nitrogen functional groups attached to an aromatic ring is 1. The molecule has 1 aromatic heterocycles. The van der Waals surface area contributed by atoms with E-state index in [0.29, 0.717) is 23.3 Å². The predicted octanol–water partition coefficient (Wildman–Crippen LogP) is 2.94. The number of nitrogens with zero attached hydrogens (tertiary/aromatic N) is 2. The van der Waals surface area contributed by atoms with Crippen molar-refractivity contribution in [2.24, 2.45) is 11.8 Å². The molecule has 1 amide bonds. The van der Waals surface area contributed by atoms with Gasteiger partial charge >= 0.3 is 0 Å². The average molecular weight is 283 g/mol. The molecular formula is C17H21N3O. The molecule has 1 saturated heterocycles. The minimum atomic E-state index is -0.00847. The predicted molar refractivity (Wildman–Crippen MR) is 85.0 cm³/mol. The second-order valence-electron chi connectivity index (χ2n) is 6.27. The smallest absolute Gasteiger partial charge is 0.272 e. The lowest BCUT2D eigenvalue weighted by Crippen LogP contribution is -2.42. The summed E-state index contributed by atoms with van der Waals surface area (Å²) in [5.41, 5.74) is 6.45. The van der Waals surface area contributed by atoms with E-state index in [9.17, 15) is 4.79 Å². The SMILES string of the molecule is CC1CC(C)CN(C(=O)c2cc3ccccc3c(N)n2)C1. The zero-order valence-corrected chi connectivity index (χ0v) is 12.5. The Labute approximate surface area is 125 Å². The van der Waals surface area contributed by atoms with E-state index in [1.54, 1.807) is 0 Å². The molecule has 4 heteroatoms. The topological polar surface area (TPSA) is 59.2 Å². The first-order valence-electron chi connectivity index (χ1n) is 7.49. The van der Waals surface area contributed by atoms with Crippen LogP contribution < -0.4 is 5.73 Å². The molecular weight excluding hydrogens is 262 g/mol. The van der Waals surface area contributed by atoms with Crippen LogP contribution in [0.2, 0.25) is 0 Å². The highest BCUT2D eigenvalue weighted by Gasteiger charge is 2.27. The van der Waals surface area contributed by atoms with E-state index in [1.807, 2.05) is 35.2 Å². The Bertz CT molecular complexity index is 673. The van der Waals surface area contributed by atoms with Crippen LogP contribution >= 0.6 is 0 Å². The fraction of sp³-hybridized carbons (Fsp3) is 0.412. The molecule has 110 valence electrons. The van der Waals surface area contributed by atoms with Gasteiger partial charge in [-0.25, -0.2) is 4.98 Å². The lowest BCUT2D eigenvalue weighted by Gasteiger charge is -2.34. The molecule has 1 fully saturated rings. The van der Waals surface area contributed by atoms with E-state index in [4.69, 9.17) is 5.73 Å². The number of carbonyl (C=O) groups is 1. The minimum absolute atomic E-state index is 0.00847. The van der Waals surface area contributed by atoms with Crippen molar-refractivity contribution >= 4 is 22.5 Å². The largest absolute Gasteiger partial charge is 0.383 e. The second kappa shape index (κ2) is 5.35. The van der Waals surface area contributed by atoms with Gasteiger partial charge in [-0.15, -0.1) is 0 Å². The third kappa shape index (κ3) is 2.71. The number of fused-ring (bicyclic) bond motifs is 1. The molecule has 2 heterocycles. The molecule has 1 aliphatic heterocycles. The van der Waals surface area contributed by atoms with Gasteiger partial charge in [-0.3, -0.25) is 4.79 Å². The Kier molecular flexibility index (Phi) is 3.53. The highest BCUT2D eigenvalue weighted by Crippen LogP contribution is 2.24. The van der Waals surface area contributed by atoms with Crippen molar-refractivity contribution in [2.75, 3.05) is 18.8 Å². The van der Waals surface area contributed by atoms with Crippen molar-refractivity contribution in [1.29, 1.82) is 0 Å². The van der Waals surface area contributed by atoms with Crippen molar-refractivity contribution in [1.82, 2.24) is 9.88 Å². The van der Waals surface area contributed by atoms with Crippen LogP contribution in [0.1, 0.15) is 30.8 Å². The summed E-state index contributed by atoms with van der Waals surface area (Å²) in [7, 11) is 0. The van der Waals surface area contributed by atoms with Crippen LogP contribution in [0.25, 0.3) is 10.8 Å². The molecule has 3 rings (SSSR count). The number of aromatic nitrogens is 1. The standard InChI is InChI=1S/C17H21N3O/c1-11-7-12(2)10-20(9-11)17(21)15-8-13-5-3-4-6-14(13)16(18)19-15/h3-6,8,11-12H,7,9-10H2,1-2H3,(H2,18,19). The van der Waals surface area contributed by atoms with Gasteiger partial charge in [-0.2, -0.15) is 0 Å². The monoisotopic (exact) mass is 283 g/mol. The van der Waals surface area contributed by atoms with Gasteiger partial charge in [0, 0.05) is 18.5 Å². The van der Waals surface area contributed by atoms with E-state index in [0.717, 1.165) is 23.9 Å². The molecule has 2 aromatic rings. The highest BCUT2D eigenvalue weighted by molar-refractivity contribution is 5.99. The number of hydrogen-bond acceptors (Lipinski definition) is 3. The zero-order valence-electron chi connectivity index (χ0n) is 12.5. The van der Waals surface area contributed by atoms with Crippen LogP contribution in [0.5, 0.6) is 0 Å². The summed E-state index contributed by atoms with van der Waals surface area (Å²) in [6.45, 7) is 5.99. The number of nitrogens with two attached hydrogens (primary N) is 1. The average Bonchev–Trinajstić information content (AvgIpc) is 2.45. The molecule has 1 aromatic carbocycles. The number of benzene rings is 1. The Hall–Kier alpha value is -2.10. The van der Waals surface area contributed by atoms with E-state index >= 15 is 0 Å². The first-order chi connectivity index (χ1) is 10.0. The van der Waals surface area contributed by atoms with Crippen molar-refractivity contribution in [3.05, 3.63) is 36.0 Å². The van der Waals surface area contributed by atoms with Gasteiger partial charge in [0.25, 0.3) is 5.91 Å². The van der Waals surface area contributed by atoms with Gasteiger partial charge < -0.3 is 10.6 Å². The molecule has 1 aliphatic rings. The number of amides is 1. The van der Waals surface area contributed by atoms with Crippen LogP contribution in [0, 0.1) is 11.8 Å². The van der Waals surface area contributed by atoms with Gasteiger partial charge in [0.2, 0.25) is 0 Å². The molecule has 21 heavy (non-hydrogen) atoms. The van der Waals surface area contributed by atoms with Crippen molar-refractivity contribution in [3.8, 4) is 0 Å². The lowest BCUT2D eigenvalue weighted by atomic mass is 9.91. The maximum atomic E-state index is 12.7. The minimum Gasteiger partial charge on any atom is -0.383 e. The summed E-state index contributed by atoms with van der Waals surface area (Å²) in [6.07, 6.45) is 1.18. The molecule has 2 unspecified atom stereocenters. The summed E-state index contributed by atoms with van der Waals surface area (Å²) in [5, 5.41) is 1.86. The van der Waals surface area contributed by atoms with Crippen LogP contribution in [0.3, 0.4) is 0 Å². The number of carbonyl (C=O) groups excluding carboxylic acids is 1. The van der Waals surface area contributed by atoms with Crippen molar-refractivity contribution in [2.45, 2.75) is 20.3 Å². The van der Waals surface area contributed by atoms with Crippen LogP contribution in [0.4, 0.5) is 5.82 Å². The molecule has 0 radical (unpaired) electrons. The molecule has 0 spiro atoms. The number of hydrogen-bond donors (Lipinski definition) is 1. The maximum absolute atomic E-state index is 12.7. The van der Waals surface area contributed by atoms with Gasteiger partial charge in [0.1, 0.15) is 11.5 Å². The summed E-state index contributed by atoms with van der Waals surface area (Å²) < 4.78 is 0. The molecule has 0 aliphatic carbocycles. The number of anilines is 1.